The third-order valence-electron chi connectivity index (χ3n) is 14.9. The maximum absolute atomic E-state index is 2.54. The predicted molar refractivity (Wildman–Crippen MR) is 249 cm³/mol. The van der Waals surface area contributed by atoms with Gasteiger partial charge in [-0.3, -0.25) is 0 Å². The second kappa shape index (κ2) is 14.4. The fourth-order valence-corrected chi connectivity index (χ4v) is 12.8. The average Bonchev–Trinajstić information content (AvgIpc) is 3.61. The summed E-state index contributed by atoms with van der Waals surface area (Å²) in [5, 5.41) is 0. The summed E-state index contributed by atoms with van der Waals surface area (Å²) in [5.41, 5.74) is 17.3. The number of hydrogen-bond donors (Lipinski definition) is 0. The van der Waals surface area contributed by atoms with Crippen molar-refractivity contribution in [2.45, 2.75) is 43.4 Å². The minimum Gasteiger partial charge on any atom is -0.310 e. The van der Waals surface area contributed by atoms with Crippen LogP contribution in [0.4, 0.5) is 17.1 Å². The van der Waals surface area contributed by atoms with Crippen LogP contribution in [-0.4, -0.2) is 0 Å². The van der Waals surface area contributed by atoms with Gasteiger partial charge in [0.25, 0.3) is 0 Å². The van der Waals surface area contributed by atoms with E-state index in [9.17, 15) is 0 Å². The summed E-state index contributed by atoms with van der Waals surface area (Å²) in [6.45, 7) is 0. The van der Waals surface area contributed by atoms with E-state index in [1.165, 1.54) is 99.1 Å². The molecule has 0 saturated heterocycles. The summed E-state index contributed by atoms with van der Waals surface area (Å²) in [4.78, 5) is 2.54. The van der Waals surface area contributed by atoms with Gasteiger partial charge in [-0.1, -0.05) is 176 Å². The lowest BCUT2D eigenvalue weighted by molar-refractivity contribution is -0.00277. The summed E-state index contributed by atoms with van der Waals surface area (Å²) in [5.74, 6) is 4.33. The molecule has 0 aromatic heterocycles. The Morgan fingerprint density at radius 2 is 0.867 bits per heavy atom. The predicted octanol–water partition coefficient (Wildman–Crippen LogP) is 15.4. The van der Waals surface area contributed by atoms with Crippen molar-refractivity contribution in [3.8, 4) is 33.4 Å². The normalized spacial score (nSPS) is 21.6. The molecule has 4 saturated carbocycles. The molecule has 0 spiro atoms. The third kappa shape index (κ3) is 5.59. The lowest BCUT2D eigenvalue weighted by Crippen LogP contribution is -2.43. The molecule has 13 rings (SSSR count). The van der Waals surface area contributed by atoms with Gasteiger partial charge >= 0.3 is 0 Å². The van der Waals surface area contributed by atoms with Crippen molar-refractivity contribution in [3.63, 3.8) is 0 Å². The first-order chi connectivity index (χ1) is 29.7. The van der Waals surface area contributed by atoms with Crippen LogP contribution in [0.25, 0.3) is 33.4 Å². The molecule has 0 amide bonds. The van der Waals surface area contributed by atoms with Crippen molar-refractivity contribution < 1.29 is 0 Å². The van der Waals surface area contributed by atoms with Crippen LogP contribution >= 0.6 is 0 Å². The Kier molecular flexibility index (Phi) is 8.51. The zero-order valence-electron chi connectivity index (χ0n) is 34.0. The summed E-state index contributed by atoms with van der Waals surface area (Å²) in [6.07, 6.45) is 7.22. The number of benzene rings is 8. The van der Waals surface area contributed by atoms with Crippen LogP contribution in [0.1, 0.15) is 65.8 Å². The van der Waals surface area contributed by atoms with Gasteiger partial charge in [-0.15, -0.1) is 0 Å². The van der Waals surface area contributed by atoms with Crippen LogP contribution in [0, 0.1) is 23.7 Å². The molecule has 290 valence electrons. The molecule has 5 aliphatic carbocycles. The Morgan fingerprint density at radius 1 is 0.367 bits per heavy atom. The number of rotatable bonds is 8. The monoisotopic (exact) mass is 771 g/mol. The molecule has 60 heavy (non-hydrogen) atoms. The van der Waals surface area contributed by atoms with Crippen molar-refractivity contribution in [2.75, 3.05) is 4.90 Å². The summed E-state index contributed by atoms with van der Waals surface area (Å²) < 4.78 is 0. The van der Waals surface area contributed by atoms with Crippen LogP contribution in [0.3, 0.4) is 0 Å². The summed E-state index contributed by atoms with van der Waals surface area (Å²) >= 11 is 0. The largest absolute Gasteiger partial charge is 0.310 e. The maximum Gasteiger partial charge on any atom is 0.0714 e. The van der Waals surface area contributed by atoms with Gasteiger partial charge in [0, 0.05) is 16.9 Å². The number of hydrogen-bond acceptors (Lipinski definition) is 1. The van der Waals surface area contributed by atoms with E-state index in [0.29, 0.717) is 5.92 Å². The van der Waals surface area contributed by atoms with Gasteiger partial charge in [0.1, 0.15) is 0 Å². The van der Waals surface area contributed by atoms with Crippen LogP contribution in [-0.2, 0) is 5.41 Å². The van der Waals surface area contributed by atoms with E-state index >= 15 is 0 Å². The van der Waals surface area contributed by atoms with Crippen LogP contribution < -0.4 is 4.90 Å². The van der Waals surface area contributed by atoms with Crippen molar-refractivity contribution in [1.29, 1.82) is 0 Å². The SMILES string of the molecule is c1ccc(-c2ccccc2-c2ccccc2N(c2ccc(C3C4CC5CC(C4)CC3C5)cc2)c2ccc3c(c2)C(c2ccccc2)(c2ccccc2)c2ccccc2-3)cc1. The molecule has 4 fully saturated rings. The zero-order chi connectivity index (χ0) is 39.6. The highest BCUT2D eigenvalue weighted by Crippen LogP contribution is 2.61. The van der Waals surface area contributed by atoms with Gasteiger partial charge in [-0.05, 0) is 148 Å². The third-order valence-corrected chi connectivity index (χ3v) is 14.9. The van der Waals surface area contributed by atoms with Gasteiger partial charge in [0.05, 0.1) is 11.1 Å². The Balaban J connectivity index is 1.07. The van der Waals surface area contributed by atoms with Crippen molar-refractivity contribution in [2.24, 2.45) is 23.7 Å². The minimum absolute atomic E-state index is 0.487. The maximum atomic E-state index is 2.54. The Labute approximate surface area is 355 Å². The van der Waals surface area contributed by atoms with Crippen molar-refractivity contribution in [3.05, 3.63) is 234 Å². The average molecular weight is 772 g/mol. The standard InChI is InChI=1S/C59H49N/c1-4-16-42(17-5-1)50-22-10-11-23-51(50)54-25-13-15-27-57(54)60(48-30-28-43(29-31-48)58-44-35-40-34-41(37-44)38-45(58)36-40)49-32-33-53-52-24-12-14-26-55(52)59(56(53)39-49,46-18-6-2-7-19-46)47-20-8-3-9-21-47/h1-33,39-41,44-45,58H,34-38H2. The van der Waals surface area contributed by atoms with E-state index in [1.807, 2.05) is 0 Å². The van der Waals surface area contributed by atoms with E-state index in [4.69, 9.17) is 0 Å². The Hall–Kier alpha value is -6.44. The summed E-state index contributed by atoms with van der Waals surface area (Å²) in [6, 6.07) is 77.4. The fraction of sp³-hybridized carbons (Fsp3) is 0.186. The molecule has 0 heterocycles. The number of nitrogens with zero attached hydrogens (tertiary/aromatic N) is 1. The smallest absolute Gasteiger partial charge is 0.0714 e. The Bertz CT molecular complexity index is 2750. The van der Waals surface area contributed by atoms with Gasteiger partial charge < -0.3 is 4.90 Å². The molecule has 0 N–H and O–H groups in total. The summed E-state index contributed by atoms with van der Waals surface area (Å²) in [7, 11) is 0. The lowest BCUT2D eigenvalue weighted by atomic mass is 9.51. The molecule has 8 aromatic carbocycles. The molecule has 1 heteroatoms. The molecule has 8 aromatic rings. The molecular formula is C59H49N. The molecule has 4 bridgehead atoms. The van der Waals surface area contributed by atoms with Crippen LogP contribution in [0.5, 0.6) is 0 Å². The van der Waals surface area contributed by atoms with Crippen molar-refractivity contribution >= 4 is 17.1 Å². The molecule has 1 nitrogen and oxygen atoms in total. The molecule has 0 aliphatic heterocycles. The first-order valence-corrected chi connectivity index (χ1v) is 22.2. The fourth-order valence-electron chi connectivity index (χ4n) is 12.8. The highest BCUT2D eigenvalue weighted by molar-refractivity contribution is 5.95. The quantitative estimate of drug-likeness (QED) is 0.149. The van der Waals surface area contributed by atoms with E-state index in [0.717, 1.165) is 29.4 Å². The van der Waals surface area contributed by atoms with Gasteiger partial charge in [0.15, 0.2) is 0 Å². The van der Waals surface area contributed by atoms with Gasteiger partial charge in [0.2, 0.25) is 0 Å². The van der Waals surface area contributed by atoms with Gasteiger partial charge in [-0.2, -0.15) is 0 Å². The van der Waals surface area contributed by atoms with Crippen LogP contribution in [0.2, 0.25) is 0 Å². The Morgan fingerprint density at radius 3 is 1.52 bits per heavy atom. The first-order valence-electron chi connectivity index (χ1n) is 22.2. The molecule has 0 unspecified atom stereocenters. The van der Waals surface area contributed by atoms with Crippen molar-refractivity contribution in [1.82, 2.24) is 0 Å². The van der Waals surface area contributed by atoms with E-state index in [2.05, 4.69) is 211 Å². The zero-order valence-corrected chi connectivity index (χ0v) is 34.0. The lowest BCUT2D eigenvalue weighted by Gasteiger charge is -2.54. The number of anilines is 3. The van der Waals surface area contributed by atoms with E-state index in [-0.39, 0.29) is 0 Å². The minimum atomic E-state index is -0.487. The highest BCUT2D eigenvalue weighted by atomic mass is 15.1. The van der Waals surface area contributed by atoms with Gasteiger partial charge in [-0.25, -0.2) is 0 Å². The molecule has 0 atom stereocenters. The second-order valence-corrected chi connectivity index (χ2v) is 18.1. The number of fused-ring (bicyclic) bond motifs is 3. The molecular weight excluding hydrogens is 723 g/mol. The first kappa shape index (κ1) is 35.5. The second-order valence-electron chi connectivity index (χ2n) is 18.1. The van der Waals surface area contributed by atoms with E-state index < -0.39 is 5.41 Å². The molecule has 0 radical (unpaired) electrons. The van der Waals surface area contributed by atoms with E-state index in [1.54, 1.807) is 5.56 Å². The highest BCUT2D eigenvalue weighted by Gasteiger charge is 2.49. The molecule has 5 aliphatic rings. The number of para-hydroxylation sites is 1. The topological polar surface area (TPSA) is 3.24 Å². The van der Waals surface area contributed by atoms with Crippen LogP contribution in [0.15, 0.2) is 206 Å².